The van der Waals surface area contributed by atoms with Crippen molar-refractivity contribution in [2.45, 2.75) is 31.8 Å². The molecule has 1 atom stereocenters. The topological polar surface area (TPSA) is 21.3 Å². The van der Waals surface area contributed by atoms with E-state index >= 15 is 0 Å². The van der Waals surface area contributed by atoms with Crippen LogP contribution in [-0.2, 0) is 0 Å². The molecule has 0 aliphatic heterocycles. The molecule has 1 aromatic carbocycles. The molecule has 0 spiro atoms. The van der Waals surface area contributed by atoms with E-state index in [0.29, 0.717) is 6.04 Å². The van der Waals surface area contributed by atoms with Crippen molar-refractivity contribution in [1.82, 2.24) is 5.32 Å². The molecular formula is C12H17NO. The highest BCUT2D eigenvalue weighted by Crippen LogP contribution is 2.24. The zero-order valence-electron chi connectivity index (χ0n) is 8.79. The lowest BCUT2D eigenvalue weighted by Crippen LogP contribution is -2.20. The fraction of sp³-hybridized carbons (Fsp3) is 0.500. The Balaban J connectivity index is 1.99. The summed E-state index contributed by atoms with van der Waals surface area (Å²) in [6.45, 7) is 2.21. The number of hydrogen-bond donors (Lipinski definition) is 1. The van der Waals surface area contributed by atoms with Gasteiger partial charge in [0.1, 0.15) is 5.75 Å². The second-order valence-electron chi connectivity index (χ2n) is 3.94. The van der Waals surface area contributed by atoms with Crippen molar-refractivity contribution < 1.29 is 4.74 Å². The minimum Gasteiger partial charge on any atom is -0.497 e. The summed E-state index contributed by atoms with van der Waals surface area (Å²) in [4.78, 5) is 0. The van der Waals surface area contributed by atoms with Gasteiger partial charge in [-0.1, -0.05) is 12.1 Å². The van der Waals surface area contributed by atoms with Crippen molar-refractivity contribution in [3.05, 3.63) is 29.8 Å². The average molecular weight is 191 g/mol. The van der Waals surface area contributed by atoms with Gasteiger partial charge in [0.2, 0.25) is 0 Å². The lowest BCUT2D eigenvalue weighted by atomic mass is 10.1. The van der Waals surface area contributed by atoms with E-state index in [2.05, 4.69) is 24.4 Å². The number of rotatable bonds is 4. The number of ether oxygens (including phenoxy) is 1. The van der Waals surface area contributed by atoms with E-state index in [9.17, 15) is 0 Å². The molecule has 76 valence electrons. The summed E-state index contributed by atoms with van der Waals surface area (Å²) in [5.41, 5.74) is 1.33. The van der Waals surface area contributed by atoms with Gasteiger partial charge >= 0.3 is 0 Å². The van der Waals surface area contributed by atoms with Crippen LogP contribution in [0, 0.1) is 0 Å². The summed E-state index contributed by atoms with van der Waals surface area (Å²) in [7, 11) is 1.70. The highest BCUT2D eigenvalue weighted by atomic mass is 16.5. The molecular weight excluding hydrogens is 174 g/mol. The first kappa shape index (κ1) is 9.53. The predicted molar refractivity (Wildman–Crippen MR) is 57.6 cm³/mol. The number of benzene rings is 1. The van der Waals surface area contributed by atoms with Gasteiger partial charge in [-0.25, -0.2) is 0 Å². The molecule has 2 rings (SSSR count). The summed E-state index contributed by atoms with van der Waals surface area (Å²) in [6, 6.07) is 9.49. The van der Waals surface area contributed by atoms with Crippen LogP contribution in [0.15, 0.2) is 24.3 Å². The molecule has 1 aromatic rings. The van der Waals surface area contributed by atoms with Crippen LogP contribution in [0.1, 0.15) is 31.4 Å². The second-order valence-corrected chi connectivity index (χ2v) is 3.94. The molecule has 1 saturated carbocycles. The van der Waals surface area contributed by atoms with Crippen molar-refractivity contribution in [1.29, 1.82) is 0 Å². The average Bonchev–Trinajstić information content (AvgIpc) is 3.02. The van der Waals surface area contributed by atoms with Crippen LogP contribution >= 0.6 is 0 Å². The number of methoxy groups -OCH3 is 1. The summed E-state index contributed by atoms with van der Waals surface area (Å²) in [5, 5.41) is 3.57. The van der Waals surface area contributed by atoms with Crippen LogP contribution in [-0.4, -0.2) is 13.2 Å². The number of nitrogens with one attached hydrogen (secondary N) is 1. The Morgan fingerprint density at radius 2 is 1.93 bits per heavy atom. The Labute approximate surface area is 85.3 Å². The summed E-state index contributed by atoms with van der Waals surface area (Å²) >= 11 is 0. The Bertz CT molecular complexity index is 290. The van der Waals surface area contributed by atoms with Crippen LogP contribution < -0.4 is 10.1 Å². The lowest BCUT2D eigenvalue weighted by Gasteiger charge is -2.13. The van der Waals surface area contributed by atoms with E-state index in [0.717, 1.165) is 11.8 Å². The van der Waals surface area contributed by atoms with Gasteiger partial charge in [0.05, 0.1) is 7.11 Å². The fourth-order valence-corrected chi connectivity index (χ4v) is 1.59. The molecule has 2 nitrogen and oxygen atoms in total. The quantitative estimate of drug-likeness (QED) is 0.789. The molecule has 0 radical (unpaired) electrons. The third-order valence-corrected chi connectivity index (χ3v) is 2.68. The first-order valence-corrected chi connectivity index (χ1v) is 5.19. The van der Waals surface area contributed by atoms with Gasteiger partial charge in [-0.3, -0.25) is 0 Å². The molecule has 0 heterocycles. The molecule has 1 aliphatic carbocycles. The molecule has 1 fully saturated rings. The summed E-state index contributed by atoms with van der Waals surface area (Å²) in [5.74, 6) is 0.923. The van der Waals surface area contributed by atoms with Gasteiger partial charge < -0.3 is 10.1 Å². The maximum absolute atomic E-state index is 5.12. The minimum atomic E-state index is 0.452. The van der Waals surface area contributed by atoms with Crippen molar-refractivity contribution in [2.75, 3.05) is 7.11 Å². The first-order valence-electron chi connectivity index (χ1n) is 5.19. The van der Waals surface area contributed by atoms with Gasteiger partial charge in [0.15, 0.2) is 0 Å². The molecule has 1 unspecified atom stereocenters. The molecule has 1 aliphatic rings. The second kappa shape index (κ2) is 4.01. The molecule has 0 aromatic heterocycles. The maximum atomic E-state index is 5.12. The highest BCUT2D eigenvalue weighted by molar-refractivity contribution is 5.28. The van der Waals surface area contributed by atoms with Gasteiger partial charge in [0, 0.05) is 12.1 Å². The van der Waals surface area contributed by atoms with E-state index in [1.807, 2.05) is 12.1 Å². The smallest absolute Gasteiger partial charge is 0.118 e. The van der Waals surface area contributed by atoms with E-state index in [4.69, 9.17) is 4.74 Å². The largest absolute Gasteiger partial charge is 0.497 e. The van der Waals surface area contributed by atoms with Crippen molar-refractivity contribution in [3.63, 3.8) is 0 Å². The minimum absolute atomic E-state index is 0.452. The van der Waals surface area contributed by atoms with Gasteiger partial charge in [0.25, 0.3) is 0 Å². The zero-order chi connectivity index (χ0) is 9.97. The number of hydrogen-bond acceptors (Lipinski definition) is 2. The SMILES string of the molecule is COc1ccc(C(C)NC2CC2)cc1. The van der Waals surface area contributed by atoms with Gasteiger partial charge in [-0.05, 0) is 37.5 Å². The van der Waals surface area contributed by atoms with Crippen molar-refractivity contribution in [3.8, 4) is 5.75 Å². The Kier molecular flexibility index (Phi) is 2.73. The molecule has 0 saturated heterocycles. The summed E-state index contributed by atoms with van der Waals surface area (Å²) in [6.07, 6.45) is 2.67. The van der Waals surface area contributed by atoms with Crippen LogP contribution in [0.5, 0.6) is 5.75 Å². The Hall–Kier alpha value is -1.02. The van der Waals surface area contributed by atoms with Crippen molar-refractivity contribution >= 4 is 0 Å². The Morgan fingerprint density at radius 1 is 1.29 bits per heavy atom. The first-order chi connectivity index (χ1) is 6.79. The molecule has 2 heteroatoms. The van der Waals surface area contributed by atoms with Crippen molar-refractivity contribution in [2.24, 2.45) is 0 Å². The summed E-state index contributed by atoms with van der Waals surface area (Å²) < 4.78 is 5.12. The molecule has 1 N–H and O–H groups in total. The standard InChI is InChI=1S/C12H17NO/c1-9(13-11-5-6-11)10-3-7-12(14-2)8-4-10/h3-4,7-9,11,13H,5-6H2,1-2H3. The van der Waals surface area contributed by atoms with Gasteiger partial charge in [-0.2, -0.15) is 0 Å². The monoisotopic (exact) mass is 191 g/mol. The fourth-order valence-electron chi connectivity index (χ4n) is 1.59. The predicted octanol–water partition coefficient (Wildman–Crippen LogP) is 2.51. The third-order valence-electron chi connectivity index (χ3n) is 2.68. The molecule has 0 amide bonds. The zero-order valence-corrected chi connectivity index (χ0v) is 8.79. The molecule has 14 heavy (non-hydrogen) atoms. The van der Waals surface area contributed by atoms with Crippen LogP contribution in [0.25, 0.3) is 0 Å². The van der Waals surface area contributed by atoms with E-state index in [-0.39, 0.29) is 0 Å². The van der Waals surface area contributed by atoms with Crippen LogP contribution in [0.3, 0.4) is 0 Å². The van der Waals surface area contributed by atoms with Gasteiger partial charge in [-0.15, -0.1) is 0 Å². The van der Waals surface area contributed by atoms with E-state index in [1.54, 1.807) is 7.11 Å². The Morgan fingerprint density at radius 3 is 2.43 bits per heavy atom. The van der Waals surface area contributed by atoms with E-state index < -0.39 is 0 Å². The van der Waals surface area contributed by atoms with E-state index in [1.165, 1.54) is 18.4 Å². The molecule has 0 bridgehead atoms. The normalized spacial score (nSPS) is 17.9. The lowest BCUT2D eigenvalue weighted by molar-refractivity contribution is 0.414. The highest BCUT2D eigenvalue weighted by Gasteiger charge is 2.23. The third kappa shape index (κ3) is 2.26. The maximum Gasteiger partial charge on any atom is 0.118 e. The van der Waals surface area contributed by atoms with Crippen LogP contribution in [0.4, 0.5) is 0 Å². The van der Waals surface area contributed by atoms with Crippen LogP contribution in [0.2, 0.25) is 0 Å².